The molecular weight excluding hydrogens is 394 g/mol. The van der Waals surface area contributed by atoms with E-state index < -0.39 is 0 Å². The first kappa shape index (κ1) is 18.8. The van der Waals surface area contributed by atoms with Crippen LogP contribution < -0.4 is 5.63 Å². The number of hydrogen-bond acceptors (Lipinski definition) is 5. The molecule has 0 fully saturated rings. The van der Waals surface area contributed by atoms with Crippen LogP contribution in [0, 0.1) is 6.92 Å². The molecule has 0 saturated carbocycles. The minimum absolute atomic E-state index is 0.344. The standard InChI is InChI=1S/C21H18ClN3O2S/c1-3-14-5-7-17-15(9-20(26)27-19(17)8-14)11-28-21-24-23-12-25(21)16-6-4-13(2)18(22)10-16/h4-10,12H,3,11H2,1-2H3. The number of thioether (sulfide) groups is 1. The minimum atomic E-state index is -0.344. The van der Waals surface area contributed by atoms with Crippen molar-refractivity contribution >= 4 is 34.3 Å². The second kappa shape index (κ2) is 7.81. The van der Waals surface area contributed by atoms with Crippen LogP contribution in [0.2, 0.25) is 5.02 Å². The summed E-state index contributed by atoms with van der Waals surface area (Å²) in [5.41, 5.74) is 4.24. The van der Waals surface area contributed by atoms with E-state index in [4.69, 9.17) is 16.0 Å². The highest BCUT2D eigenvalue weighted by molar-refractivity contribution is 7.98. The molecule has 142 valence electrons. The average molecular weight is 412 g/mol. The molecule has 0 aliphatic heterocycles. The second-order valence-electron chi connectivity index (χ2n) is 6.48. The van der Waals surface area contributed by atoms with Crippen molar-refractivity contribution < 1.29 is 4.42 Å². The number of aryl methyl sites for hydroxylation is 2. The number of nitrogens with zero attached hydrogens (tertiary/aromatic N) is 3. The Hall–Kier alpha value is -2.57. The van der Waals surface area contributed by atoms with Crippen molar-refractivity contribution in [2.24, 2.45) is 0 Å². The highest BCUT2D eigenvalue weighted by Gasteiger charge is 2.12. The molecule has 7 heteroatoms. The number of rotatable bonds is 5. The summed E-state index contributed by atoms with van der Waals surface area (Å²) in [6.45, 7) is 4.03. The zero-order chi connectivity index (χ0) is 19.7. The molecule has 0 unspecified atom stereocenters. The summed E-state index contributed by atoms with van der Waals surface area (Å²) in [7, 11) is 0. The summed E-state index contributed by atoms with van der Waals surface area (Å²) in [6.07, 6.45) is 2.55. The smallest absolute Gasteiger partial charge is 0.336 e. The molecule has 0 bridgehead atoms. The Labute approximate surface area is 171 Å². The topological polar surface area (TPSA) is 60.9 Å². The Morgan fingerprint density at radius 3 is 2.82 bits per heavy atom. The van der Waals surface area contributed by atoms with Gasteiger partial charge in [-0.1, -0.05) is 48.5 Å². The Balaban J connectivity index is 1.65. The van der Waals surface area contributed by atoms with Gasteiger partial charge in [-0.15, -0.1) is 10.2 Å². The SMILES string of the molecule is CCc1ccc2c(CSc3nncn3-c3ccc(C)c(Cl)c3)cc(=O)oc2c1. The predicted octanol–water partition coefficient (Wildman–Crippen LogP) is 5.19. The maximum Gasteiger partial charge on any atom is 0.336 e. The molecule has 4 rings (SSSR count). The molecule has 0 aliphatic carbocycles. The third kappa shape index (κ3) is 3.70. The zero-order valence-corrected chi connectivity index (χ0v) is 17.0. The van der Waals surface area contributed by atoms with Crippen LogP contribution in [0.15, 0.2) is 63.2 Å². The molecule has 0 amide bonds. The highest BCUT2D eigenvalue weighted by atomic mass is 35.5. The number of halogens is 1. The Morgan fingerprint density at radius 2 is 2.04 bits per heavy atom. The number of hydrogen-bond donors (Lipinski definition) is 0. The van der Waals surface area contributed by atoms with Crippen molar-refractivity contribution in [2.75, 3.05) is 0 Å². The van der Waals surface area contributed by atoms with Crippen molar-refractivity contribution in [3.8, 4) is 5.69 Å². The fraction of sp³-hybridized carbons (Fsp3) is 0.190. The predicted molar refractivity (Wildman–Crippen MR) is 113 cm³/mol. The van der Waals surface area contributed by atoms with E-state index in [2.05, 4.69) is 23.2 Å². The molecule has 2 heterocycles. The molecule has 28 heavy (non-hydrogen) atoms. The van der Waals surface area contributed by atoms with Crippen LogP contribution in [0.4, 0.5) is 0 Å². The van der Waals surface area contributed by atoms with Gasteiger partial charge in [-0.3, -0.25) is 4.57 Å². The van der Waals surface area contributed by atoms with Crippen molar-refractivity contribution in [3.05, 3.63) is 80.9 Å². The quantitative estimate of drug-likeness (QED) is 0.334. The lowest BCUT2D eigenvalue weighted by molar-refractivity contribution is 0.559. The molecule has 0 radical (unpaired) electrons. The van der Waals surface area contributed by atoms with E-state index in [-0.39, 0.29) is 5.63 Å². The van der Waals surface area contributed by atoms with Crippen LogP contribution >= 0.6 is 23.4 Å². The van der Waals surface area contributed by atoms with E-state index in [1.54, 1.807) is 12.4 Å². The van der Waals surface area contributed by atoms with Gasteiger partial charge in [-0.2, -0.15) is 0 Å². The van der Waals surface area contributed by atoms with Crippen molar-refractivity contribution in [1.29, 1.82) is 0 Å². The number of fused-ring (bicyclic) bond motifs is 1. The Kier molecular flexibility index (Phi) is 5.24. The van der Waals surface area contributed by atoms with Gasteiger partial charge in [0.2, 0.25) is 0 Å². The molecule has 0 saturated heterocycles. The molecule has 0 aliphatic rings. The van der Waals surface area contributed by atoms with Crippen LogP contribution in [0.1, 0.15) is 23.6 Å². The summed E-state index contributed by atoms with van der Waals surface area (Å²) in [5.74, 6) is 0.575. The monoisotopic (exact) mass is 411 g/mol. The minimum Gasteiger partial charge on any atom is -0.423 e. The lowest BCUT2D eigenvalue weighted by atomic mass is 10.1. The average Bonchev–Trinajstić information content (AvgIpc) is 3.16. The van der Waals surface area contributed by atoms with Gasteiger partial charge in [0.25, 0.3) is 0 Å². The zero-order valence-electron chi connectivity index (χ0n) is 15.5. The number of benzene rings is 2. The molecule has 2 aromatic heterocycles. The van der Waals surface area contributed by atoms with Gasteiger partial charge < -0.3 is 4.42 Å². The maximum atomic E-state index is 12.0. The van der Waals surface area contributed by atoms with Crippen LogP contribution in [0.5, 0.6) is 0 Å². The largest absolute Gasteiger partial charge is 0.423 e. The van der Waals surface area contributed by atoms with E-state index in [1.807, 2.05) is 41.8 Å². The third-order valence-corrected chi connectivity index (χ3v) is 6.01. The molecule has 0 N–H and O–H groups in total. The van der Waals surface area contributed by atoms with Gasteiger partial charge in [-0.05, 0) is 48.2 Å². The third-order valence-electron chi connectivity index (χ3n) is 4.61. The first-order chi connectivity index (χ1) is 13.5. The molecule has 0 spiro atoms. The lowest BCUT2D eigenvalue weighted by Gasteiger charge is -2.09. The highest BCUT2D eigenvalue weighted by Crippen LogP contribution is 2.28. The first-order valence-corrected chi connectivity index (χ1v) is 10.3. The van der Waals surface area contributed by atoms with Crippen molar-refractivity contribution in [2.45, 2.75) is 31.2 Å². The molecule has 2 aromatic carbocycles. The van der Waals surface area contributed by atoms with Gasteiger partial charge in [0.1, 0.15) is 11.9 Å². The van der Waals surface area contributed by atoms with Gasteiger partial charge in [0.15, 0.2) is 5.16 Å². The van der Waals surface area contributed by atoms with Crippen LogP contribution in [0.3, 0.4) is 0 Å². The van der Waals surface area contributed by atoms with E-state index in [1.165, 1.54) is 11.8 Å². The molecular formula is C21H18ClN3O2S. The van der Waals surface area contributed by atoms with E-state index >= 15 is 0 Å². The molecule has 4 aromatic rings. The molecule has 0 atom stereocenters. The van der Waals surface area contributed by atoms with E-state index in [0.29, 0.717) is 16.4 Å². The Morgan fingerprint density at radius 1 is 1.18 bits per heavy atom. The van der Waals surface area contributed by atoms with E-state index in [0.717, 1.165) is 39.3 Å². The fourth-order valence-electron chi connectivity index (χ4n) is 2.99. The maximum absolute atomic E-state index is 12.0. The van der Waals surface area contributed by atoms with Crippen molar-refractivity contribution in [1.82, 2.24) is 14.8 Å². The summed E-state index contributed by atoms with van der Waals surface area (Å²) in [5, 5.41) is 10.6. The summed E-state index contributed by atoms with van der Waals surface area (Å²) < 4.78 is 7.27. The van der Waals surface area contributed by atoms with Gasteiger partial charge in [-0.25, -0.2) is 4.79 Å². The number of aromatic nitrogens is 3. The summed E-state index contributed by atoms with van der Waals surface area (Å²) in [6, 6.07) is 13.4. The van der Waals surface area contributed by atoms with Crippen molar-refractivity contribution in [3.63, 3.8) is 0 Å². The van der Waals surface area contributed by atoms with Gasteiger partial charge >= 0.3 is 5.63 Å². The van der Waals surface area contributed by atoms with Gasteiger partial charge in [0.05, 0.1) is 5.69 Å². The van der Waals surface area contributed by atoms with Crippen LogP contribution in [0.25, 0.3) is 16.7 Å². The molecule has 5 nitrogen and oxygen atoms in total. The van der Waals surface area contributed by atoms with Crippen LogP contribution in [-0.4, -0.2) is 14.8 Å². The van der Waals surface area contributed by atoms with E-state index in [9.17, 15) is 4.79 Å². The lowest BCUT2D eigenvalue weighted by Crippen LogP contribution is -2.01. The fourth-order valence-corrected chi connectivity index (χ4v) is 4.08. The first-order valence-electron chi connectivity index (χ1n) is 8.90. The van der Waals surface area contributed by atoms with Gasteiger partial charge in [0, 0.05) is 22.2 Å². The normalized spacial score (nSPS) is 11.2. The Bertz CT molecular complexity index is 1220. The summed E-state index contributed by atoms with van der Waals surface area (Å²) in [4.78, 5) is 12.0. The summed E-state index contributed by atoms with van der Waals surface area (Å²) >= 11 is 7.77. The van der Waals surface area contributed by atoms with Crippen LogP contribution in [-0.2, 0) is 12.2 Å². The second-order valence-corrected chi connectivity index (χ2v) is 7.83.